The molecule has 0 radical (unpaired) electrons. The molecule has 1 fully saturated rings. The van der Waals surface area contributed by atoms with Gasteiger partial charge in [0.15, 0.2) is 0 Å². The lowest BCUT2D eigenvalue weighted by Crippen LogP contribution is -2.46. The smallest absolute Gasteiger partial charge is 0.410 e. The highest BCUT2D eigenvalue weighted by Crippen LogP contribution is 2.19. The minimum atomic E-state index is -0.520. The summed E-state index contributed by atoms with van der Waals surface area (Å²) in [7, 11) is 0. The Morgan fingerprint density at radius 1 is 1.35 bits per heavy atom. The zero-order valence-corrected chi connectivity index (χ0v) is 14.0. The van der Waals surface area contributed by atoms with Crippen molar-refractivity contribution < 1.29 is 14.3 Å². The zero-order chi connectivity index (χ0) is 16.9. The number of nitrogens with one attached hydrogen (secondary N) is 1. The molecule has 2 amide bonds. The van der Waals surface area contributed by atoms with E-state index in [0.29, 0.717) is 19.6 Å². The molecule has 1 aromatic rings. The third-order valence-electron chi connectivity index (χ3n) is 3.66. The van der Waals surface area contributed by atoms with Crippen molar-refractivity contribution in [3.05, 3.63) is 30.1 Å². The van der Waals surface area contributed by atoms with Gasteiger partial charge in [0.1, 0.15) is 5.60 Å². The summed E-state index contributed by atoms with van der Waals surface area (Å²) in [5.74, 6) is -0.201. The molecule has 1 saturated heterocycles. The molecule has 0 bridgehead atoms. The SMILES string of the molecule is CC(C)(C)OC(=O)N1CCCC(C(=O)NCc2ccncc2)C1. The number of hydrogen-bond acceptors (Lipinski definition) is 4. The fraction of sp³-hybridized carbons (Fsp3) is 0.588. The van der Waals surface area contributed by atoms with Gasteiger partial charge in [-0.25, -0.2) is 4.79 Å². The van der Waals surface area contributed by atoms with E-state index < -0.39 is 5.60 Å². The van der Waals surface area contributed by atoms with Crippen LogP contribution < -0.4 is 5.32 Å². The van der Waals surface area contributed by atoms with Gasteiger partial charge in [0, 0.05) is 32.0 Å². The van der Waals surface area contributed by atoms with Crippen LogP contribution in [0.1, 0.15) is 39.2 Å². The van der Waals surface area contributed by atoms with Crippen LogP contribution >= 0.6 is 0 Å². The van der Waals surface area contributed by atoms with Gasteiger partial charge in [0.2, 0.25) is 5.91 Å². The molecule has 23 heavy (non-hydrogen) atoms. The quantitative estimate of drug-likeness (QED) is 0.928. The first-order valence-corrected chi connectivity index (χ1v) is 8.00. The van der Waals surface area contributed by atoms with E-state index in [-0.39, 0.29) is 17.9 Å². The Morgan fingerprint density at radius 3 is 2.70 bits per heavy atom. The molecular formula is C17H25N3O3. The number of pyridine rings is 1. The van der Waals surface area contributed by atoms with E-state index in [0.717, 1.165) is 18.4 Å². The van der Waals surface area contributed by atoms with Crippen LogP contribution in [0, 0.1) is 5.92 Å². The first kappa shape index (κ1) is 17.2. The van der Waals surface area contributed by atoms with Crippen LogP contribution in [-0.4, -0.2) is 40.6 Å². The lowest BCUT2D eigenvalue weighted by molar-refractivity contribution is -0.126. The monoisotopic (exact) mass is 319 g/mol. The third-order valence-corrected chi connectivity index (χ3v) is 3.66. The highest BCUT2D eigenvalue weighted by Gasteiger charge is 2.30. The Morgan fingerprint density at radius 2 is 2.04 bits per heavy atom. The Balaban J connectivity index is 1.85. The van der Waals surface area contributed by atoms with E-state index in [2.05, 4.69) is 10.3 Å². The van der Waals surface area contributed by atoms with E-state index in [9.17, 15) is 9.59 Å². The molecular weight excluding hydrogens is 294 g/mol. The molecule has 2 heterocycles. The van der Waals surface area contributed by atoms with Crippen LogP contribution in [-0.2, 0) is 16.1 Å². The largest absolute Gasteiger partial charge is 0.444 e. The third kappa shape index (κ3) is 5.54. The summed E-state index contributed by atoms with van der Waals surface area (Å²) in [6, 6.07) is 3.74. The number of carbonyl (C=O) groups excluding carboxylic acids is 2. The molecule has 1 unspecified atom stereocenters. The van der Waals surface area contributed by atoms with Crippen molar-refractivity contribution in [2.75, 3.05) is 13.1 Å². The summed E-state index contributed by atoms with van der Waals surface area (Å²) in [5.41, 5.74) is 0.487. The van der Waals surface area contributed by atoms with Crippen molar-refractivity contribution in [2.24, 2.45) is 5.92 Å². The van der Waals surface area contributed by atoms with E-state index in [1.807, 2.05) is 32.9 Å². The van der Waals surface area contributed by atoms with Gasteiger partial charge in [0.05, 0.1) is 5.92 Å². The van der Waals surface area contributed by atoms with Crippen molar-refractivity contribution in [3.63, 3.8) is 0 Å². The number of likely N-dealkylation sites (tertiary alicyclic amines) is 1. The van der Waals surface area contributed by atoms with Gasteiger partial charge in [-0.3, -0.25) is 9.78 Å². The maximum absolute atomic E-state index is 12.3. The lowest BCUT2D eigenvalue weighted by atomic mass is 9.97. The second-order valence-electron chi connectivity index (χ2n) is 6.84. The molecule has 6 nitrogen and oxygen atoms in total. The van der Waals surface area contributed by atoms with Gasteiger partial charge in [-0.2, -0.15) is 0 Å². The van der Waals surface area contributed by atoms with Gasteiger partial charge in [-0.15, -0.1) is 0 Å². The lowest BCUT2D eigenvalue weighted by Gasteiger charge is -2.33. The van der Waals surface area contributed by atoms with Gasteiger partial charge in [0.25, 0.3) is 0 Å². The number of ether oxygens (including phenoxy) is 1. The molecule has 126 valence electrons. The molecule has 6 heteroatoms. The molecule has 1 aliphatic rings. The highest BCUT2D eigenvalue weighted by molar-refractivity contribution is 5.80. The second-order valence-corrected chi connectivity index (χ2v) is 6.84. The highest BCUT2D eigenvalue weighted by atomic mass is 16.6. The number of nitrogens with zero attached hydrogens (tertiary/aromatic N) is 2. The molecule has 2 rings (SSSR count). The Kier molecular flexibility index (Phi) is 5.58. The number of rotatable bonds is 3. The normalized spacial score (nSPS) is 18.4. The summed E-state index contributed by atoms with van der Waals surface area (Å²) in [4.78, 5) is 30.0. The minimum Gasteiger partial charge on any atom is -0.444 e. The van der Waals surface area contributed by atoms with Crippen molar-refractivity contribution in [2.45, 2.75) is 45.8 Å². The summed E-state index contributed by atoms with van der Waals surface area (Å²) in [6.45, 7) is 7.06. The molecule has 0 aliphatic carbocycles. The van der Waals surface area contributed by atoms with E-state index in [1.54, 1.807) is 17.3 Å². The van der Waals surface area contributed by atoms with Crippen molar-refractivity contribution in [3.8, 4) is 0 Å². The molecule has 1 aromatic heterocycles. The number of aromatic nitrogens is 1. The number of amides is 2. The summed E-state index contributed by atoms with van der Waals surface area (Å²) >= 11 is 0. The van der Waals surface area contributed by atoms with Crippen LogP contribution in [0.15, 0.2) is 24.5 Å². The van der Waals surface area contributed by atoms with Crippen LogP contribution in [0.2, 0.25) is 0 Å². The molecule has 1 N–H and O–H groups in total. The Hall–Kier alpha value is -2.11. The standard InChI is InChI=1S/C17H25N3O3/c1-17(2,3)23-16(22)20-10-4-5-14(12-20)15(21)19-11-13-6-8-18-9-7-13/h6-9,14H,4-5,10-12H2,1-3H3,(H,19,21). The number of piperidine rings is 1. The van der Waals surface area contributed by atoms with Crippen LogP contribution in [0.3, 0.4) is 0 Å². The molecule has 1 aliphatic heterocycles. The van der Waals surface area contributed by atoms with Crippen molar-refractivity contribution in [1.29, 1.82) is 0 Å². The summed E-state index contributed by atoms with van der Waals surface area (Å²) < 4.78 is 5.38. The van der Waals surface area contributed by atoms with E-state index >= 15 is 0 Å². The maximum atomic E-state index is 12.3. The van der Waals surface area contributed by atoms with Crippen LogP contribution in [0.25, 0.3) is 0 Å². The molecule has 1 atom stereocenters. The van der Waals surface area contributed by atoms with Gasteiger partial charge in [-0.1, -0.05) is 0 Å². The number of carbonyl (C=O) groups is 2. The topological polar surface area (TPSA) is 71.5 Å². The van der Waals surface area contributed by atoms with Crippen molar-refractivity contribution >= 4 is 12.0 Å². The van der Waals surface area contributed by atoms with Crippen molar-refractivity contribution in [1.82, 2.24) is 15.2 Å². The average molecular weight is 319 g/mol. The molecule has 0 spiro atoms. The van der Waals surface area contributed by atoms with E-state index in [4.69, 9.17) is 4.74 Å². The van der Waals surface area contributed by atoms with Gasteiger partial charge in [-0.05, 0) is 51.3 Å². The molecule has 0 aromatic carbocycles. The molecule has 0 saturated carbocycles. The first-order chi connectivity index (χ1) is 10.8. The second kappa shape index (κ2) is 7.44. The van der Waals surface area contributed by atoms with E-state index in [1.165, 1.54) is 0 Å². The number of hydrogen-bond donors (Lipinski definition) is 1. The average Bonchev–Trinajstić information content (AvgIpc) is 2.52. The predicted molar refractivity (Wildman–Crippen MR) is 86.6 cm³/mol. The summed E-state index contributed by atoms with van der Waals surface area (Å²) in [6.07, 6.45) is 4.66. The van der Waals surface area contributed by atoms with Gasteiger partial charge >= 0.3 is 6.09 Å². The Bertz CT molecular complexity index is 540. The first-order valence-electron chi connectivity index (χ1n) is 8.00. The Labute approximate surface area is 137 Å². The predicted octanol–water partition coefficient (Wildman–Crippen LogP) is 2.34. The fourth-order valence-corrected chi connectivity index (χ4v) is 2.52. The van der Waals surface area contributed by atoms with Crippen LogP contribution in [0.5, 0.6) is 0 Å². The maximum Gasteiger partial charge on any atom is 0.410 e. The fourth-order valence-electron chi connectivity index (χ4n) is 2.52. The zero-order valence-electron chi connectivity index (χ0n) is 14.0. The minimum absolute atomic E-state index is 0.0185. The van der Waals surface area contributed by atoms with Gasteiger partial charge < -0.3 is 15.0 Å². The summed E-state index contributed by atoms with van der Waals surface area (Å²) in [5, 5.41) is 2.93. The van der Waals surface area contributed by atoms with Crippen LogP contribution in [0.4, 0.5) is 4.79 Å².